The number of nitrogens with one attached hydrogen (secondary N) is 1. The van der Waals surface area contributed by atoms with Crippen LogP contribution in [0.25, 0.3) is 38.1 Å². The van der Waals surface area contributed by atoms with E-state index in [4.69, 9.17) is 0 Å². The van der Waals surface area contributed by atoms with Crippen LogP contribution >= 0.6 is 0 Å². The van der Waals surface area contributed by atoms with Crippen molar-refractivity contribution in [1.82, 2.24) is 19.6 Å². The van der Waals surface area contributed by atoms with Gasteiger partial charge in [-0.3, -0.25) is 14.6 Å². The number of anilines is 1. The monoisotopic (exact) mass is 521 g/mol. The molecule has 0 spiro atoms. The van der Waals surface area contributed by atoms with Gasteiger partial charge in [0.25, 0.3) is 0 Å². The molecule has 1 N–H and O–H groups in total. The number of pyridine rings is 2. The fourth-order valence-corrected chi connectivity index (χ4v) is 5.89. The van der Waals surface area contributed by atoms with Crippen LogP contribution in [0.4, 0.5) is 27.8 Å². The lowest BCUT2D eigenvalue weighted by Crippen LogP contribution is -2.31. The number of hydrogen-bond acceptors (Lipinski definition) is 3. The molecule has 1 aliphatic heterocycles. The van der Waals surface area contributed by atoms with Crippen molar-refractivity contribution < 1.29 is 22.0 Å². The second-order valence-corrected chi connectivity index (χ2v) is 9.82. The standard InChI is InChI=1S/C28H20F5N5/c1-13-4-3-5-17-21-22(16-6-8-34-24(16)14(2)23(21)30)26-18-12-37(9-7-20(18)36-38(26)25(13)17)27-19(29)10-15(11-35-27)28(31,32)33/h3-6,8,10-11,36H,7,9,12H2,1-2H3. The third-order valence-corrected chi connectivity index (χ3v) is 7.64. The van der Waals surface area contributed by atoms with E-state index in [2.05, 4.69) is 15.1 Å². The summed E-state index contributed by atoms with van der Waals surface area (Å²) in [6.45, 7) is 4.22. The molecule has 2 aromatic carbocycles. The minimum absolute atomic E-state index is 0.147. The molecule has 0 aliphatic carbocycles. The number of halogens is 5. The smallest absolute Gasteiger partial charge is 0.349 e. The molecule has 0 amide bonds. The van der Waals surface area contributed by atoms with Crippen molar-refractivity contribution in [2.45, 2.75) is 33.0 Å². The van der Waals surface area contributed by atoms with Gasteiger partial charge in [0, 0.05) is 70.3 Å². The molecule has 0 saturated carbocycles. The van der Waals surface area contributed by atoms with E-state index in [9.17, 15) is 17.6 Å². The van der Waals surface area contributed by atoms with Crippen LogP contribution in [-0.4, -0.2) is 26.1 Å². The van der Waals surface area contributed by atoms with Gasteiger partial charge in [0.2, 0.25) is 0 Å². The van der Waals surface area contributed by atoms with Crippen LogP contribution < -0.4 is 4.90 Å². The van der Waals surface area contributed by atoms with Gasteiger partial charge in [0.05, 0.1) is 22.1 Å². The molecule has 1 aliphatic rings. The highest BCUT2D eigenvalue weighted by molar-refractivity contribution is 6.24. The fraction of sp³-hybridized carbons (Fsp3) is 0.214. The molecular formula is C28H20F5N5. The highest BCUT2D eigenvalue weighted by Gasteiger charge is 2.33. The van der Waals surface area contributed by atoms with Crippen molar-refractivity contribution in [3.63, 3.8) is 0 Å². The Bertz CT molecular complexity index is 1950. The molecule has 38 heavy (non-hydrogen) atoms. The third-order valence-electron chi connectivity index (χ3n) is 7.64. The molecule has 0 saturated heterocycles. The molecule has 0 bridgehead atoms. The molecule has 6 aromatic rings. The molecule has 5 nitrogen and oxygen atoms in total. The van der Waals surface area contributed by atoms with Gasteiger partial charge >= 0.3 is 6.18 Å². The predicted octanol–water partition coefficient (Wildman–Crippen LogP) is 6.99. The van der Waals surface area contributed by atoms with Crippen molar-refractivity contribution in [3.05, 3.63) is 82.3 Å². The van der Waals surface area contributed by atoms with Crippen molar-refractivity contribution in [1.29, 1.82) is 0 Å². The van der Waals surface area contributed by atoms with Crippen LogP contribution in [0, 0.1) is 25.5 Å². The lowest BCUT2D eigenvalue weighted by molar-refractivity contribution is -0.138. The Morgan fingerprint density at radius 2 is 1.79 bits per heavy atom. The van der Waals surface area contributed by atoms with Gasteiger partial charge in [-0.25, -0.2) is 13.8 Å². The molecule has 0 fully saturated rings. The Morgan fingerprint density at radius 3 is 2.55 bits per heavy atom. The van der Waals surface area contributed by atoms with Gasteiger partial charge < -0.3 is 4.90 Å². The summed E-state index contributed by atoms with van der Waals surface area (Å²) in [5.74, 6) is -1.53. The first-order chi connectivity index (χ1) is 18.1. The maximum atomic E-state index is 16.0. The molecule has 0 atom stereocenters. The van der Waals surface area contributed by atoms with Gasteiger partial charge in [-0.15, -0.1) is 0 Å². The summed E-state index contributed by atoms with van der Waals surface area (Å²) in [6, 6.07) is 8.10. The minimum atomic E-state index is -4.69. The lowest BCUT2D eigenvalue weighted by Gasteiger charge is -2.28. The number of fused-ring (bicyclic) bond motifs is 10. The Morgan fingerprint density at radius 1 is 0.974 bits per heavy atom. The first kappa shape index (κ1) is 22.9. The number of nitrogens with zero attached hydrogens (tertiary/aromatic N) is 4. The first-order valence-electron chi connectivity index (χ1n) is 12.1. The van der Waals surface area contributed by atoms with E-state index in [1.807, 2.05) is 35.7 Å². The summed E-state index contributed by atoms with van der Waals surface area (Å²) in [6.07, 6.45) is -1.90. The predicted molar refractivity (Wildman–Crippen MR) is 135 cm³/mol. The van der Waals surface area contributed by atoms with Gasteiger partial charge in [-0.1, -0.05) is 18.2 Å². The number of hydrogen-bond donors (Lipinski definition) is 1. The number of alkyl halides is 3. The largest absolute Gasteiger partial charge is 0.417 e. The third kappa shape index (κ3) is 3.03. The molecule has 5 heterocycles. The van der Waals surface area contributed by atoms with Gasteiger partial charge in [0.15, 0.2) is 11.6 Å². The zero-order chi connectivity index (χ0) is 26.5. The van der Waals surface area contributed by atoms with Gasteiger partial charge in [0.1, 0.15) is 5.82 Å². The Balaban J connectivity index is 1.54. The minimum Gasteiger partial charge on any atom is -0.349 e. The quantitative estimate of drug-likeness (QED) is 0.187. The zero-order valence-electron chi connectivity index (χ0n) is 20.3. The first-order valence-corrected chi connectivity index (χ1v) is 12.1. The summed E-state index contributed by atoms with van der Waals surface area (Å²) in [5, 5.41) is 6.22. The Hall–Kier alpha value is -4.21. The van der Waals surface area contributed by atoms with Crippen LogP contribution in [0.3, 0.4) is 0 Å². The zero-order valence-corrected chi connectivity index (χ0v) is 20.3. The number of aromatic amines is 1. The van der Waals surface area contributed by atoms with E-state index >= 15 is 4.39 Å². The van der Waals surface area contributed by atoms with E-state index in [0.717, 1.165) is 38.6 Å². The van der Waals surface area contributed by atoms with E-state index < -0.39 is 17.6 Å². The molecule has 192 valence electrons. The van der Waals surface area contributed by atoms with Crippen molar-refractivity contribution in [2.24, 2.45) is 0 Å². The number of para-hydroxylation sites is 1. The molecule has 0 unspecified atom stereocenters. The highest BCUT2D eigenvalue weighted by Crippen LogP contribution is 2.42. The van der Waals surface area contributed by atoms with Crippen LogP contribution in [0.2, 0.25) is 0 Å². The van der Waals surface area contributed by atoms with Crippen LogP contribution in [0.15, 0.2) is 42.7 Å². The lowest BCUT2D eigenvalue weighted by atomic mass is 9.94. The summed E-state index contributed by atoms with van der Waals surface area (Å²) in [4.78, 5) is 9.88. The molecule has 0 radical (unpaired) electrons. The highest BCUT2D eigenvalue weighted by atomic mass is 19.4. The fourth-order valence-electron chi connectivity index (χ4n) is 5.89. The van der Waals surface area contributed by atoms with Crippen molar-refractivity contribution >= 4 is 43.9 Å². The number of aromatic nitrogens is 4. The summed E-state index contributed by atoms with van der Waals surface area (Å²) in [7, 11) is 0. The second-order valence-electron chi connectivity index (χ2n) is 9.82. The molecule has 4 aromatic heterocycles. The average molecular weight is 521 g/mol. The van der Waals surface area contributed by atoms with Crippen LogP contribution in [0.5, 0.6) is 0 Å². The number of H-pyrrole nitrogens is 1. The summed E-state index contributed by atoms with van der Waals surface area (Å²) >= 11 is 0. The van der Waals surface area contributed by atoms with Crippen molar-refractivity contribution in [3.8, 4) is 0 Å². The molecular weight excluding hydrogens is 501 g/mol. The van der Waals surface area contributed by atoms with E-state index in [0.29, 0.717) is 47.1 Å². The van der Waals surface area contributed by atoms with E-state index in [1.165, 1.54) is 0 Å². The Kier molecular flexibility index (Phi) is 4.62. The summed E-state index contributed by atoms with van der Waals surface area (Å²) in [5.41, 5.74) is 4.14. The van der Waals surface area contributed by atoms with Crippen LogP contribution in [-0.2, 0) is 19.1 Å². The SMILES string of the molecule is Cc1c(F)c2c3cccc(C)c3n3[nH]c4c(c3c2c2ccnc12)CN(c1ncc(C(F)(F)F)cc1F)CC4. The maximum Gasteiger partial charge on any atom is 0.417 e. The number of benzene rings is 2. The van der Waals surface area contributed by atoms with E-state index in [1.54, 1.807) is 18.0 Å². The maximum absolute atomic E-state index is 16.0. The molecule has 10 heteroatoms. The average Bonchev–Trinajstić information content (AvgIpc) is 3.51. The number of rotatable bonds is 1. The Labute approximate surface area is 212 Å². The number of aryl methyl sites for hydroxylation is 2. The second kappa shape index (κ2) is 7.66. The van der Waals surface area contributed by atoms with Gasteiger partial charge in [-0.2, -0.15) is 13.2 Å². The van der Waals surface area contributed by atoms with Crippen LogP contribution in [0.1, 0.15) is 27.9 Å². The topological polar surface area (TPSA) is 49.2 Å². The van der Waals surface area contributed by atoms with Gasteiger partial charge in [-0.05, 0) is 31.5 Å². The molecule has 7 rings (SSSR count). The normalized spacial score (nSPS) is 14.3. The van der Waals surface area contributed by atoms with E-state index in [-0.39, 0.29) is 18.2 Å². The summed E-state index contributed by atoms with van der Waals surface area (Å²) < 4.78 is 72.1. The van der Waals surface area contributed by atoms with Crippen molar-refractivity contribution in [2.75, 3.05) is 11.4 Å².